The number of anilines is 1. The molecule has 0 fully saturated rings. The van der Waals surface area contributed by atoms with E-state index in [1.165, 1.54) is 41.4 Å². The number of aliphatic hydroxyl groups is 1. The highest BCUT2D eigenvalue weighted by Crippen LogP contribution is 2.30. The number of hydrogen-bond acceptors (Lipinski definition) is 8. The predicted molar refractivity (Wildman–Crippen MR) is 107 cm³/mol. The van der Waals surface area contributed by atoms with Crippen LogP contribution in [0, 0.1) is 12.7 Å². The molecule has 0 spiro atoms. The molecule has 8 nitrogen and oxygen atoms in total. The smallest absolute Gasteiger partial charge is 0.368 e. The third-order valence-corrected chi connectivity index (χ3v) is 4.60. The van der Waals surface area contributed by atoms with Gasteiger partial charge < -0.3 is 14.5 Å². The third kappa shape index (κ3) is 5.12. The van der Waals surface area contributed by atoms with E-state index in [2.05, 4.69) is 29.8 Å². The minimum absolute atomic E-state index is 0.0283. The van der Waals surface area contributed by atoms with Crippen LogP contribution in [0.5, 0.6) is 0 Å². The van der Waals surface area contributed by atoms with Crippen LogP contribution in [0.3, 0.4) is 0 Å². The summed E-state index contributed by atoms with van der Waals surface area (Å²) in [6.07, 6.45) is -4.74. The molecule has 1 N–H and O–H groups in total. The Hall–Kier alpha value is -3.93. The van der Waals surface area contributed by atoms with Gasteiger partial charge in [-0.15, -0.1) is 0 Å². The summed E-state index contributed by atoms with van der Waals surface area (Å²) in [4.78, 5) is 9.00. The Morgan fingerprint density at radius 3 is 2.52 bits per heavy atom. The number of aryl methyl sites for hydroxylation is 1. The van der Waals surface area contributed by atoms with Crippen LogP contribution >= 0.6 is 0 Å². The molecule has 0 aliphatic rings. The standard InChI is InChI=1S/C21H16F4N6O2/c1-12-5-8-17(29-28-12)19(32)31(16-4-2-3-14(22)9-16)11-15-7-6-13(10-26-15)18-27-20(33-30-18)21(23,24)25/h2-10,19,32H,11H2,1H3. The first kappa shape index (κ1) is 22.3. The van der Waals surface area contributed by atoms with Crippen molar-refractivity contribution in [3.63, 3.8) is 0 Å². The zero-order chi connectivity index (χ0) is 23.6. The average Bonchev–Trinajstić information content (AvgIpc) is 3.29. The first-order valence-corrected chi connectivity index (χ1v) is 9.57. The summed E-state index contributed by atoms with van der Waals surface area (Å²) in [7, 11) is 0. The van der Waals surface area contributed by atoms with Gasteiger partial charge in [0.1, 0.15) is 11.5 Å². The largest absolute Gasteiger partial charge is 0.471 e. The summed E-state index contributed by atoms with van der Waals surface area (Å²) < 4.78 is 56.1. The van der Waals surface area contributed by atoms with E-state index < -0.39 is 24.1 Å². The summed E-state index contributed by atoms with van der Waals surface area (Å²) in [6, 6.07) is 11.9. The molecule has 0 saturated carbocycles. The first-order chi connectivity index (χ1) is 15.7. The van der Waals surface area contributed by atoms with E-state index in [1.807, 2.05) is 0 Å². The Morgan fingerprint density at radius 2 is 1.91 bits per heavy atom. The van der Waals surface area contributed by atoms with Crippen LogP contribution in [0.2, 0.25) is 0 Å². The number of aromatic nitrogens is 5. The average molecular weight is 460 g/mol. The van der Waals surface area contributed by atoms with Gasteiger partial charge in [0.15, 0.2) is 6.23 Å². The molecule has 170 valence electrons. The molecule has 0 radical (unpaired) electrons. The highest BCUT2D eigenvalue weighted by atomic mass is 19.4. The van der Waals surface area contributed by atoms with E-state index in [4.69, 9.17) is 0 Å². The van der Waals surface area contributed by atoms with E-state index in [0.29, 0.717) is 17.1 Å². The lowest BCUT2D eigenvalue weighted by molar-refractivity contribution is -0.159. The van der Waals surface area contributed by atoms with Gasteiger partial charge in [0.05, 0.1) is 17.9 Å². The minimum atomic E-state index is -4.75. The van der Waals surface area contributed by atoms with Crippen molar-refractivity contribution in [1.29, 1.82) is 0 Å². The summed E-state index contributed by atoms with van der Waals surface area (Å²) in [5.74, 6) is -2.22. The molecule has 3 aromatic heterocycles. The van der Waals surface area contributed by atoms with Crippen LogP contribution in [-0.2, 0) is 12.7 Å². The number of hydrogen-bond donors (Lipinski definition) is 1. The number of alkyl halides is 3. The van der Waals surface area contributed by atoms with E-state index in [-0.39, 0.29) is 23.6 Å². The van der Waals surface area contributed by atoms with Gasteiger partial charge in [0.2, 0.25) is 5.82 Å². The van der Waals surface area contributed by atoms with Crippen LogP contribution in [0.1, 0.15) is 29.2 Å². The number of pyridine rings is 1. The monoisotopic (exact) mass is 460 g/mol. The lowest BCUT2D eigenvalue weighted by Crippen LogP contribution is -2.29. The number of benzene rings is 1. The molecule has 0 saturated heterocycles. The second kappa shape index (κ2) is 8.90. The molecule has 33 heavy (non-hydrogen) atoms. The quantitative estimate of drug-likeness (QED) is 0.339. The lowest BCUT2D eigenvalue weighted by atomic mass is 10.2. The van der Waals surface area contributed by atoms with Gasteiger partial charge in [-0.05, 0) is 49.4 Å². The molecule has 4 aromatic rings. The van der Waals surface area contributed by atoms with Crippen molar-refractivity contribution in [3.8, 4) is 11.4 Å². The zero-order valence-electron chi connectivity index (χ0n) is 17.0. The Balaban J connectivity index is 1.60. The Labute approximate surface area is 184 Å². The lowest BCUT2D eigenvalue weighted by Gasteiger charge is -2.29. The van der Waals surface area contributed by atoms with Crippen molar-refractivity contribution in [2.45, 2.75) is 25.9 Å². The minimum Gasteiger partial charge on any atom is -0.368 e. The topological polar surface area (TPSA) is 101 Å². The van der Waals surface area contributed by atoms with E-state index >= 15 is 0 Å². The van der Waals surface area contributed by atoms with Crippen molar-refractivity contribution in [2.24, 2.45) is 0 Å². The maximum absolute atomic E-state index is 13.9. The fraction of sp³-hybridized carbons (Fsp3) is 0.190. The molecule has 0 aliphatic heterocycles. The number of rotatable bonds is 6. The maximum Gasteiger partial charge on any atom is 0.471 e. The van der Waals surface area contributed by atoms with Crippen molar-refractivity contribution in [3.05, 3.63) is 83.5 Å². The van der Waals surface area contributed by atoms with Crippen molar-refractivity contribution >= 4 is 5.69 Å². The van der Waals surface area contributed by atoms with Gasteiger partial charge in [0, 0.05) is 17.4 Å². The summed E-state index contributed by atoms with van der Waals surface area (Å²) in [5.41, 5.74) is 1.91. The molecule has 0 bridgehead atoms. The van der Waals surface area contributed by atoms with Crippen molar-refractivity contribution in [2.75, 3.05) is 4.90 Å². The zero-order valence-corrected chi connectivity index (χ0v) is 17.0. The van der Waals surface area contributed by atoms with Gasteiger partial charge in [-0.25, -0.2) is 4.39 Å². The molecule has 4 rings (SSSR count). The van der Waals surface area contributed by atoms with Gasteiger partial charge in [-0.3, -0.25) is 4.98 Å². The normalized spacial score (nSPS) is 12.5. The van der Waals surface area contributed by atoms with Crippen LogP contribution in [0.15, 0.2) is 59.3 Å². The van der Waals surface area contributed by atoms with Gasteiger partial charge >= 0.3 is 12.1 Å². The van der Waals surface area contributed by atoms with Crippen LogP contribution < -0.4 is 4.90 Å². The van der Waals surface area contributed by atoms with Gasteiger partial charge in [-0.2, -0.15) is 28.4 Å². The fourth-order valence-corrected chi connectivity index (χ4v) is 2.96. The van der Waals surface area contributed by atoms with Crippen LogP contribution in [0.4, 0.5) is 23.2 Å². The Bertz CT molecular complexity index is 1230. The molecule has 1 unspecified atom stereocenters. The maximum atomic E-state index is 13.9. The third-order valence-electron chi connectivity index (χ3n) is 4.60. The second-order valence-electron chi connectivity index (χ2n) is 7.04. The highest BCUT2D eigenvalue weighted by molar-refractivity contribution is 5.53. The Morgan fingerprint density at radius 1 is 1.09 bits per heavy atom. The van der Waals surface area contributed by atoms with Crippen molar-refractivity contribution < 1.29 is 27.2 Å². The first-order valence-electron chi connectivity index (χ1n) is 9.57. The molecule has 1 aromatic carbocycles. The van der Waals surface area contributed by atoms with Crippen LogP contribution in [-0.4, -0.2) is 30.4 Å². The number of aliphatic hydroxyl groups excluding tert-OH is 1. The van der Waals surface area contributed by atoms with Crippen LogP contribution in [0.25, 0.3) is 11.4 Å². The SMILES string of the molecule is Cc1ccc(C(O)N(Cc2ccc(-c3noc(C(F)(F)F)n3)cn2)c2cccc(F)c2)nn1. The predicted octanol–water partition coefficient (Wildman–Crippen LogP) is 4.09. The van der Waals surface area contributed by atoms with Gasteiger partial charge in [0.25, 0.3) is 0 Å². The van der Waals surface area contributed by atoms with E-state index in [9.17, 15) is 22.7 Å². The van der Waals surface area contributed by atoms with E-state index in [0.717, 1.165) is 0 Å². The number of halogens is 4. The molecule has 3 heterocycles. The summed E-state index contributed by atoms with van der Waals surface area (Å²) in [6.45, 7) is 1.78. The highest BCUT2D eigenvalue weighted by Gasteiger charge is 2.38. The van der Waals surface area contributed by atoms with E-state index in [1.54, 1.807) is 25.1 Å². The Kier molecular flexibility index (Phi) is 6.01. The van der Waals surface area contributed by atoms with Crippen molar-refractivity contribution in [1.82, 2.24) is 25.3 Å². The summed E-state index contributed by atoms with van der Waals surface area (Å²) >= 11 is 0. The molecule has 0 amide bonds. The summed E-state index contributed by atoms with van der Waals surface area (Å²) in [5, 5.41) is 22.2. The van der Waals surface area contributed by atoms with Gasteiger partial charge in [-0.1, -0.05) is 11.2 Å². The molecule has 0 aliphatic carbocycles. The fourth-order valence-electron chi connectivity index (χ4n) is 2.96. The number of nitrogens with zero attached hydrogens (tertiary/aromatic N) is 6. The second-order valence-corrected chi connectivity index (χ2v) is 7.04. The molecule has 1 atom stereocenters. The molecule has 12 heteroatoms. The molecular weight excluding hydrogens is 444 g/mol. The molecular formula is C21H16F4N6O2.